The first-order valence-electron chi connectivity index (χ1n) is 15.8. The Hall–Kier alpha value is -2.38. The number of aromatic nitrogens is 2. The van der Waals surface area contributed by atoms with Crippen LogP contribution in [-0.4, -0.2) is 83.9 Å². The first-order chi connectivity index (χ1) is 21.4. The maximum absolute atomic E-state index is 12.6. The highest BCUT2D eigenvalue weighted by atomic mass is 127. The minimum atomic E-state index is -0.486. The molecule has 11 heteroatoms. The molecule has 3 saturated heterocycles. The van der Waals surface area contributed by atoms with Gasteiger partial charge in [0.1, 0.15) is 29.6 Å². The zero-order valence-corrected chi connectivity index (χ0v) is 30.6. The molecule has 4 heterocycles. The molecule has 242 valence electrons. The number of carbonyl (C=O) groups excluding carboxylic acids is 1. The molecular formula is C34H43BrIN5O4. The highest BCUT2D eigenvalue weighted by molar-refractivity contribution is 14.1. The van der Waals surface area contributed by atoms with Crippen LogP contribution in [0.15, 0.2) is 34.8 Å². The van der Waals surface area contributed by atoms with Gasteiger partial charge in [0.15, 0.2) is 5.75 Å². The molecule has 3 aliphatic rings. The maximum atomic E-state index is 12.6. The Morgan fingerprint density at radius 3 is 2.38 bits per heavy atom. The third-order valence-corrected chi connectivity index (χ3v) is 11.4. The predicted octanol–water partition coefficient (Wildman–Crippen LogP) is 7.19. The topological polar surface area (TPSA) is 80.3 Å². The Morgan fingerprint density at radius 2 is 1.73 bits per heavy atom. The van der Waals surface area contributed by atoms with E-state index in [1.165, 1.54) is 5.56 Å². The Bertz CT molecular complexity index is 1540. The van der Waals surface area contributed by atoms with Gasteiger partial charge in [-0.15, -0.1) is 0 Å². The molecule has 3 aliphatic heterocycles. The zero-order chi connectivity index (χ0) is 31.9. The van der Waals surface area contributed by atoms with E-state index in [-0.39, 0.29) is 17.6 Å². The van der Waals surface area contributed by atoms with E-state index in [1.807, 2.05) is 25.7 Å². The van der Waals surface area contributed by atoms with Crippen LogP contribution in [0, 0.1) is 15.9 Å². The van der Waals surface area contributed by atoms with E-state index in [2.05, 4.69) is 92.6 Å². The zero-order valence-electron chi connectivity index (χ0n) is 26.9. The normalized spacial score (nSPS) is 19.1. The number of ether oxygens (including phenoxy) is 3. The third-order valence-electron chi connectivity index (χ3n) is 9.07. The van der Waals surface area contributed by atoms with Crippen molar-refractivity contribution in [3.63, 3.8) is 0 Å². The summed E-state index contributed by atoms with van der Waals surface area (Å²) in [5.74, 6) is 1.58. The van der Waals surface area contributed by atoms with Crippen molar-refractivity contribution in [1.29, 1.82) is 0 Å². The lowest BCUT2D eigenvalue weighted by Crippen LogP contribution is -2.62. The van der Waals surface area contributed by atoms with Crippen molar-refractivity contribution >= 4 is 61.3 Å². The van der Waals surface area contributed by atoms with Crippen LogP contribution >= 0.6 is 38.5 Å². The summed E-state index contributed by atoms with van der Waals surface area (Å²) in [5, 5.41) is 0.956. The molecule has 3 fully saturated rings. The molecular weight excluding hydrogens is 749 g/mol. The van der Waals surface area contributed by atoms with Gasteiger partial charge in [0.25, 0.3) is 0 Å². The molecule has 0 N–H and O–H groups in total. The standard InChI is InChI=1S/C34H43BrIN5O4/c1-22-6-8-23(9-7-22)19-43-29-27(35)26(36)18-25-28(29)37-31(44-24-10-14-39(5)15-11-24)38-30(25)40-16-12-34(13-17-40)20-41(21-34)32(42)45-33(2,3)4/h6-9,18,24H,10-17,19-21H2,1-5H3. The second-order valence-electron chi connectivity index (χ2n) is 13.9. The summed E-state index contributed by atoms with van der Waals surface area (Å²) in [4.78, 5) is 29.2. The van der Waals surface area contributed by atoms with Crippen LogP contribution in [0.5, 0.6) is 11.8 Å². The van der Waals surface area contributed by atoms with Crippen molar-refractivity contribution in [1.82, 2.24) is 19.8 Å². The van der Waals surface area contributed by atoms with Gasteiger partial charge in [0, 0.05) is 53.6 Å². The SMILES string of the molecule is Cc1ccc(COc2c(Br)c(I)cc3c(N4CCC5(CC4)CN(C(=O)OC(C)(C)C)C5)nc(OC4CCN(C)CC4)nc23)cc1. The summed E-state index contributed by atoms with van der Waals surface area (Å²) in [7, 11) is 2.15. The monoisotopic (exact) mass is 791 g/mol. The van der Waals surface area contributed by atoms with Gasteiger partial charge in [-0.05, 0) is 111 Å². The highest BCUT2D eigenvalue weighted by Crippen LogP contribution is 2.45. The third kappa shape index (κ3) is 7.45. The van der Waals surface area contributed by atoms with E-state index in [9.17, 15) is 4.79 Å². The number of aryl methyl sites for hydroxylation is 1. The number of likely N-dealkylation sites (tertiary alicyclic amines) is 2. The van der Waals surface area contributed by atoms with Gasteiger partial charge in [-0.3, -0.25) is 0 Å². The predicted molar refractivity (Wildman–Crippen MR) is 188 cm³/mol. The minimum Gasteiger partial charge on any atom is -0.485 e. The first kappa shape index (κ1) is 32.6. The smallest absolute Gasteiger partial charge is 0.410 e. The van der Waals surface area contributed by atoms with Gasteiger partial charge in [-0.25, -0.2) is 4.79 Å². The summed E-state index contributed by atoms with van der Waals surface area (Å²) in [5.41, 5.74) is 2.71. The van der Waals surface area contributed by atoms with Crippen LogP contribution < -0.4 is 14.4 Å². The molecule has 2 aromatic carbocycles. The van der Waals surface area contributed by atoms with Gasteiger partial charge >= 0.3 is 12.1 Å². The summed E-state index contributed by atoms with van der Waals surface area (Å²) in [6.45, 7) is 13.4. The number of anilines is 1. The van der Waals surface area contributed by atoms with Crippen LogP contribution in [0.25, 0.3) is 10.9 Å². The summed E-state index contributed by atoms with van der Waals surface area (Å²) >= 11 is 6.16. The minimum absolute atomic E-state index is 0.0779. The molecule has 0 atom stereocenters. The van der Waals surface area contributed by atoms with E-state index in [1.54, 1.807) is 0 Å². The lowest BCUT2D eigenvalue weighted by Gasteiger charge is -2.53. The van der Waals surface area contributed by atoms with Gasteiger partial charge < -0.3 is 28.9 Å². The van der Waals surface area contributed by atoms with E-state index in [0.717, 1.165) is 95.3 Å². The van der Waals surface area contributed by atoms with Gasteiger partial charge in [-0.2, -0.15) is 9.97 Å². The molecule has 0 saturated carbocycles. The number of piperidine rings is 2. The molecule has 9 nitrogen and oxygen atoms in total. The Balaban J connectivity index is 1.27. The van der Waals surface area contributed by atoms with Crippen molar-refractivity contribution in [2.75, 3.05) is 51.2 Å². The average molecular weight is 793 g/mol. The number of hydrogen-bond acceptors (Lipinski definition) is 8. The van der Waals surface area contributed by atoms with Crippen molar-refractivity contribution < 1.29 is 19.0 Å². The molecule has 6 rings (SSSR count). The molecule has 1 spiro atoms. The second kappa shape index (κ2) is 13.0. The molecule has 1 amide bonds. The van der Waals surface area contributed by atoms with Crippen LogP contribution in [-0.2, 0) is 11.3 Å². The summed E-state index contributed by atoms with van der Waals surface area (Å²) in [6, 6.07) is 11.0. The fourth-order valence-corrected chi connectivity index (χ4v) is 7.36. The van der Waals surface area contributed by atoms with E-state index in [0.29, 0.717) is 18.4 Å². The number of hydrogen-bond donors (Lipinski definition) is 0. The summed E-state index contributed by atoms with van der Waals surface area (Å²) < 4.78 is 20.5. The van der Waals surface area contributed by atoms with Crippen LogP contribution in [0.2, 0.25) is 0 Å². The fourth-order valence-electron chi connectivity index (χ4n) is 6.39. The van der Waals surface area contributed by atoms with Crippen molar-refractivity contribution in [3.05, 3.63) is 49.5 Å². The highest BCUT2D eigenvalue weighted by Gasteiger charge is 2.48. The Morgan fingerprint density at radius 1 is 1.07 bits per heavy atom. The molecule has 0 radical (unpaired) electrons. The molecule has 0 aliphatic carbocycles. The Labute approximate surface area is 288 Å². The number of amides is 1. The second-order valence-corrected chi connectivity index (χ2v) is 15.9. The number of nitrogens with zero attached hydrogens (tertiary/aromatic N) is 5. The van der Waals surface area contributed by atoms with Crippen LogP contribution in [0.3, 0.4) is 0 Å². The van der Waals surface area contributed by atoms with Crippen molar-refractivity contribution in [2.24, 2.45) is 5.41 Å². The van der Waals surface area contributed by atoms with E-state index >= 15 is 0 Å². The molecule has 1 aromatic heterocycles. The largest absolute Gasteiger partial charge is 0.485 e. The maximum Gasteiger partial charge on any atom is 0.410 e. The molecule has 0 bridgehead atoms. The summed E-state index contributed by atoms with van der Waals surface area (Å²) in [6.07, 6.45) is 3.71. The quantitative estimate of drug-likeness (QED) is 0.243. The van der Waals surface area contributed by atoms with Crippen LogP contribution in [0.4, 0.5) is 10.6 Å². The molecule has 45 heavy (non-hydrogen) atoms. The number of benzene rings is 2. The fraction of sp³-hybridized carbons (Fsp3) is 0.559. The number of carbonyl (C=O) groups is 1. The number of halogens is 2. The van der Waals surface area contributed by atoms with E-state index in [4.69, 9.17) is 24.2 Å². The van der Waals surface area contributed by atoms with Gasteiger partial charge in [0.2, 0.25) is 0 Å². The number of fused-ring (bicyclic) bond motifs is 1. The lowest BCUT2D eigenvalue weighted by atomic mass is 9.72. The average Bonchev–Trinajstić information content (AvgIpc) is 2.97. The molecule has 0 unspecified atom stereocenters. The van der Waals surface area contributed by atoms with E-state index < -0.39 is 5.60 Å². The van der Waals surface area contributed by atoms with Crippen molar-refractivity contribution in [2.45, 2.75) is 71.7 Å². The Kier molecular flexibility index (Phi) is 9.42. The van der Waals surface area contributed by atoms with Gasteiger partial charge in [0.05, 0.1) is 4.47 Å². The van der Waals surface area contributed by atoms with Gasteiger partial charge in [-0.1, -0.05) is 29.8 Å². The first-order valence-corrected chi connectivity index (χ1v) is 17.7. The number of rotatable bonds is 6. The van der Waals surface area contributed by atoms with Crippen molar-refractivity contribution in [3.8, 4) is 11.8 Å². The lowest BCUT2D eigenvalue weighted by molar-refractivity contribution is -0.0434. The van der Waals surface area contributed by atoms with Crippen LogP contribution in [0.1, 0.15) is 57.6 Å². The molecule has 3 aromatic rings.